The summed E-state index contributed by atoms with van der Waals surface area (Å²) in [6.07, 6.45) is 3.42. The lowest BCUT2D eigenvalue weighted by atomic mass is 10.3. The highest BCUT2D eigenvalue weighted by molar-refractivity contribution is 7.15. The van der Waals surface area contributed by atoms with E-state index in [-0.39, 0.29) is 6.61 Å². The Labute approximate surface area is 68.5 Å². The van der Waals surface area contributed by atoms with Crippen LogP contribution in [0.5, 0.6) is 0 Å². The van der Waals surface area contributed by atoms with Gasteiger partial charge in [-0.05, 0) is 12.8 Å². The van der Waals surface area contributed by atoms with Gasteiger partial charge in [-0.25, -0.2) is 4.98 Å². The molecule has 2 nitrogen and oxygen atoms in total. The maximum absolute atomic E-state index is 8.49. The van der Waals surface area contributed by atoms with Crippen molar-refractivity contribution in [2.45, 2.75) is 12.8 Å². The molecule has 1 aromatic rings. The Bertz CT molecular complexity index is 201. The molecule has 0 aliphatic carbocycles. The van der Waals surface area contributed by atoms with E-state index in [0.717, 1.165) is 17.7 Å². The van der Waals surface area contributed by atoms with E-state index in [0.29, 0.717) is 4.47 Å². The fourth-order valence-electron chi connectivity index (χ4n) is 0.652. The molecule has 0 fully saturated rings. The Hall–Kier alpha value is -0.120. The zero-order valence-corrected chi connectivity index (χ0v) is 6.95. The van der Waals surface area contributed by atoms with E-state index in [1.807, 2.05) is 0 Å². The molecule has 0 aliphatic rings. The molecule has 0 bridgehead atoms. The predicted octanol–water partition coefficient (Wildman–Crippen LogP) is 1.72. The van der Waals surface area contributed by atoms with Gasteiger partial charge in [0.2, 0.25) is 0 Å². The normalized spacial score (nSPS) is 10.2. The lowest BCUT2D eigenvalue weighted by Crippen LogP contribution is -1.84. The summed E-state index contributed by atoms with van der Waals surface area (Å²) < 4.78 is 0.577. The molecule has 10 heavy (non-hydrogen) atoms. The van der Waals surface area contributed by atoms with E-state index in [2.05, 4.69) is 4.98 Å². The molecule has 1 rings (SSSR count). The van der Waals surface area contributed by atoms with E-state index >= 15 is 0 Å². The first-order valence-corrected chi connectivity index (χ1v) is 4.23. The second kappa shape index (κ2) is 3.91. The van der Waals surface area contributed by atoms with Crippen LogP contribution in [-0.4, -0.2) is 16.7 Å². The van der Waals surface area contributed by atoms with Crippen LogP contribution < -0.4 is 0 Å². The van der Waals surface area contributed by atoms with Crippen molar-refractivity contribution in [2.75, 3.05) is 6.61 Å². The largest absolute Gasteiger partial charge is 0.396 e. The van der Waals surface area contributed by atoms with Crippen LogP contribution in [0.15, 0.2) is 6.20 Å². The van der Waals surface area contributed by atoms with Gasteiger partial charge in [0.1, 0.15) is 0 Å². The third-order valence-electron chi connectivity index (χ3n) is 1.11. The average molecular weight is 178 g/mol. The molecule has 1 heterocycles. The van der Waals surface area contributed by atoms with Gasteiger partial charge in [-0.2, -0.15) is 0 Å². The second-order valence-corrected chi connectivity index (χ2v) is 3.60. The maximum atomic E-state index is 8.49. The Morgan fingerprint density at radius 2 is 2.50 bits per heavy atom. The summed E-state index contributed by atoms with van der Waals surface area (Å²) in [4.78, 5) is 5.01. The summed E-state index contributed by atoms with van der Waals surface area (Å²) >= 11 is 7.06. The standard InChI is InChI=1S/C6H8ClNOS/c7-6-8-4-5(10-6)2-1-3-9/h4,9H,1-3H2. The number of nitrogens with zero attached hydrogens (tertiary/aromatic N) is 1. The first-order chi connectivity index (χ1) is 4.83. The summed E-state index contributed by atoms with van der Waals surface area (Å²) in [5.74, 6) is 0. The molecule has 0 atom stereocenters. The highest BCUT2D eigenvalue weighted by Gasteiger charge is 1.97. The molecular weight excluding hydrogens is 170 g/mol. The highest BCUT2D eigenvalue weighted by atomic mass is 35.5. The quantitative estimate of drug-likeness (QED) is 0.763. The van der Waals surface area contributed by atoms with E-state index in [9.17, 15) is 0 Å². The minimum absolute atomic E-state index is 0.232. The van der Waals surface area contributed by atoms with Crippen LogP contribution in [0.2, 0.25) is 4.47 Å². The van der Waals surface area contributed by atoms with E-state index < -0.39 is 0 Å². The number of rotatable bonds is 3. The van der Waals surface area contributed by atoms with E-state index in [1.165, 1.54) is 11.3 Å². The summed E-state index contributed by atoms with van der Waals surface area (Å²) in [7, 11) is 0. The topological polar surface area (TPSA) is 33.1 Å². The van der Waals surface area contributed by atoms with Crippen LogP contribution in [-0.2, 0) is 6.42 Å². The average Bonchev–Trinajstić information content (AvgIpc) is 2.31. The van der Waals surface area contributed by atoms with Gasteiger partial charge in [0.15, 0.2) is 4.47 Å². The van der Waals surface area contributed by atoms with Gasteiger partial charge in [-0.3, -0.25) is 0 Å². The number of aliphatic hydroxyl groups is 1. The fraction of sp³-hybridized carbons (Fsp3) is 0.500. The van der Waals surface area contributed by atoms with Gasteiger partial charge in [-0.15, -0.1) is 11.3 Å². The minimum atomic E-state index is 0.232. The lowest BCUT2D eigenvalue weighted by molar-refractivity contribution is 0.289. The van der Waals surface area contributed by atoms with Crippen LogP contribution in [0, 0.1) is 0 Å². The zero-order chi connectivity index (χ0) is 7.40. The molecule has 0 spiro atoms. The number of hydrogen-bond acceptors (Lipinski definition) is 3. The number of hydrogen-bond donors (Lipinski definition) is 1. The monoisotopic (exact) mass is 177 g/mol. The summed E-state index contributed by atoms with van der Waals surface area (Å²) in [6.45, 7) is 0.232. The Morgan fingerprint density at radius 3 is 3.00 bits per heavy atom. The van der Waals surface area contributed by atoms with Gasteiger partial charge >= 0.3 is 0 Å². The third kappa shape index (κ3) is 2.25. The van der Waals surface area contributed by atoms with Crippen molar-refractivity contribution in [1.82, 2.24) is 4.98 Å². The predicted molar refractivity (Wildman–Crippen MR) is 42.5 cm³/mol. The maximum Gasteiger partial charge on any atom is 0.183 e. The molecule has 0 aromatic carbocycles. The first-order valence-electron chi connectivity index (χ1n) is 3.04. The van der Waals surface area contributed by atoms with Gasteiger partial charge in [0.05, 0.1) is 0 Å². The molecule has 0 radical (unpaired) electrons. The molecule has 1 N–H and O–H groups in total. The number of thiazole rings is 1. The SMILES string of the molecule is OCCCc1cnc(Cl)s1. The van der Waals surface area contributed by atoms with Crippen LogP contribution in [0.25, 0.3) is 0 Å². The van der Waals surface area contributed by atoms with Gasteiger partial charge in [0, 0.05) is 17.7 Å². The molecule has 1 aromatic heterocycles. The first kappa shape index (κ1) is 7.98. The van der Waals surface area contributed by atoms with Crippen molar-refractivity contribution in [3.63, 3.8) is 0 Å². The molecule has 0 aliphatic heterocycles. The van der Waals surface area contributed by atoms with Gasteiger partial charge in [0.25, 0.3) is 0 Å². The molecule has 0 unspecified atom stereocenters. The van der Waals surface area contributed by atoms with E-state index in [4.69, 9.17) is 16.7 Å². The number of halogens is 1. The molecule has 4 heteroatoms. The Kier molecular flexibility index (Phi) is 3.12. The highest BCUT2D eigenvalue weighted by Crippen LogP contribution is 2.18. The molecule has 56 valence electrons. The third-order valence-corrected chi connectivity index (χ3v) is 2.28. The van der Waals surface area contributed by atoms with Crippen LogP contribution in [0.4, 0.5) is 0 Å². The van der Waals surface area contributed by atoms with E-state index in [1.54, 1.807) is 6.20 Å². The number of aliphatic hydroxyl groups excluding tert-OH is 1. The van der Waals surface area contributed by atoms with Crippen LogP contribution in [0.1, 0.15) is 11.3 Å². The number of aromatic nitrogens is 1. The van der Waals surface area contributed by atoms with Crippen LogP contribution >= 0.6 is 22.9 Å². The molecular formula is C6H8ClNOS. The molecule has 0 saturated heterocycles. The Balaban J connectivity index is 2.42. The van der Waals surface area contributed by atoms with Gasteiger partial charge in [-0.1, -0.05) is 11.6 Å². The smallest absolute Gasteiger partial charge is 0.183 e. The van der Waals surface area contributed by atoms with Crippen molar-refractivity contribution in [3.05, 3.63) is 15.5 Å². The van der Waals surface area contributed by atoms with Crippen molar-refractivity contribution in [2.24, 2.45) is 0 Å². The van der Waals surface area contributed by atoms with Crippen molar-refractivity contribution < 1.29 is 5.11 Å². The van der Waals surface area contributed by atoms with Crippen molar-refractivity contribution in [3.8, 4) is 0 Å². The van der Waals surface area contributed by atoms with Crippen molar-refractivity contribution in [1.29, 1.82) is 0 Å². The fourth-order valence-corrected chi connectivity index (χ4v) is 1.67. The van der Waals surface area contributed by atoms with Gasteiger partial charge < -0.3 is 5.11 Å². The Morgan fingerprint density at radius 1 is 1.70 bits per heavy atom. The molecule has 0 amide bonds. The minimum Gasteiger partial charge on any atom is -0.396 e. The summed E-state index contributed by atoms with van der Waals surface area (Å²) in [6, 6.07) is 0. The summed E-state index contributed by atoms with van der Waals surface area (Å²) in [5.41, 5.74) is 0. The zero-order valence-electron chi connectivity index (χ0n) is 5.38. The summed E-state index contributed by atoms with van der Waals surface area (Å²) in [5, 5.41) is 8.49. The van der Waals surface area contributed by atoms with Crippen LogP contribution in [0.3, 0.4) is 0 Å². The number of aryl methyl sites for hydroxylation is 1. The second-order valence-electron chi connectivity index (χ2n) is 1.91. The molecule has 0 saturated carbocycles. The van der Waals surface area contributed by atoms with Crippen molar-refractivity contribution >= 4 is 22.9 Å². The lowest BCUT2D eigenvalue weighted by Gasteiger charge is -1.89.